The van der Waals surface area contributed by atoms with E-state index < -0.39 is 0 Å². The molecule has 0 aliphatic heterocycles. The van der Waals surface area contributed by atoms with Gasteiger partial charge in [0, 0.05) is 15.4 Å². The molecule has 0 spiro atoms. The van der Waals surface area contributed by atoms with Crippen LogP contribution >= 0.6 is 28.1 Å². The Labute approximate surface area is 124 Å². The van der Waals surface area contributed by atoms with Crippen LogP contribution in [0, 0.1) is 0 Å². The van der Waals surface area contributed by atoms with Gasteiger partial charge in [0.05, 0.1) is 17.4 Å². The molecule has 0 saturated heterocycles. The molecule has 1 heterocycles. The fourth-order valence-electron chi connectivity index (χ4n) is 2.05. The zero-order valence-electron chi connectivity index (χ0n) is 9.88. The Balaban J connectivity index is 2.32. The van der Waals surface area contributed by atoms with Gasteiger partial charge < -0.3 is 5.73 Å². The Hall–Kier alpha value is -1.72. The highest BCUT2D eigenvalue weighted by Gasteiger charge is 2.11. The van der Waals surface area contributed by atoms with Crippen LogP contribution < -0.4 is 5.73 Å². The van der Waals surface area contributed by atoms with E-state index in [4.69, 9.17) is 18.0 Å². The number of nitrogens with two attached hydrogens (primary N) is 1. The number of aromatic nitrogens is 2. The van der Waals surface area contributed by atoms with E-state index >= 15 is 0 Å². The number of rotatable bonds is 2. The van der Waals surface area contributed by atoms with Crippen LogP contribution in [0.25, 0.3) is 16.6 Å². The Morgan fingerprint density at radius 2 is 2.00 bits per heavy atom. The predicted molar refractivity (Wildman–Crippen MR) is 84.7 cm³/mol. The van der Waals surface area contributed by atoms with Crippen molar-refractivity contribution in [2.45, 2.75) is 0 Å². The summed E-state index contributed by atoms with van der Waals surface area (Å²) < 4.78 is 2.82. The lowest BCUT2D eigenvalue weighted by molar-refractivity contribution is 0.908. The van der Waals surface area contributed by atoms with E-state index in [0.29, 0.717) is 4.99 Å². The van der Waals surface area contributed by atoms with Crippen molar-refractivity contribution in [1.82, 2.24) is 9.78 Å². The van der Waals surface area contributed by atoms with Crippen molar-refractivity contribution in [3.05, 3.63) is 58.7 Å². The molecule has 19 heavy (non-hydrogen) atoms. The van der Waals surface area contributed by atoms with Gasteiger partial charge in [0.25, 0.3) is 0 Å². The summed E-state index contributed by atoms with van der Waals surface area (Å²) in [7, 11) is 0. The summed E-state index contributed by atoms with van der Waals surface area (Å²) in [5.74, 6) is 0. The van der Waals surface area contributed by atoms with E-state index in [1.807, 2.05) is 53.3 Å². The molecule has 0 bridgehead atoms. The number of fused-ring (bicyclic) bond motifs is 1. The van der Waals surface area contributed by atoms with Crippen molar-refractivity contribution in [1.29, 1.82) is 0 Å². The van der Waals surface area contributed by atoms with Gasteiger partial charge in [-0.25, -0.2) is 4.68 Å². The maximum Gasteiger partial charge on any atom is 0.106 e. The number of para-hydroxylation sites is 1. The molecule has 94 valence electrons. The van der Waals surface area contributed by atoms with Gasteiger partial charge in [-0.15, -0.1) is 0 Å². The van der Waals surface area contributed by atoms with Crippen molar-refractivity contribution >= 4 is 44.0 Å². The first-order valence-electron chi connectivity index (χ1n) is 5.69. The van der Waals surface area contributed by atoms with Crippen LogP contribution in [0.15, 0.2) is 53.1 Å². The Bertz CT molecular complexity index is 779. The highest BCUT2D eigenvalue weighted by Crippen LogP contribution is 2.24. The zero-order valence-corrected chi connectivity index (χ0v) is 12.3. The van der Waals surface area contributed by atoms with Crippen LogP contribution in [0.3, 0.4) is 0 Å². The molecule has 0 aliphatic rings. The molecule has 0 atom stereocenters. The fraction of sp³-hybridized carbons (Fsp3) is 0. The summed E-state index contributed by atoms with van der Waals surface area (Å²) in [4.78, 5) is 0.363. The quantitative estimate of drug-likeness (QED) is 0.732. The lowest BCUT2D eigenvalue weighted by Crippen LogP contribution is -2.13. The average molecular weight is 332 g/mol. The number of benzene rings is 2. The van der Waals surface area contributed by atoms with Crippen LogP contribution in [0.4, 0.5) is 0 Å². The molecule has 3 aromatic rings. The normalized spacial score (nSPS) is 10.8. The van der Waals surface area contributed by atoms with Gasteiger partial charge >= 0.3 is 0 Å². The monoisotopic (exact) mass is 331 g/mol. The van der Waals surface area contributed by atoms with Crippen molar-refractivity contribution < 1.29 is 0 Å². The lowest BCUT2D eigenvalue weighted by Gasteiger charge is -2.10. The van der Waals surface area contributed by atoms with E-state index in [0.717, 1.165) is 26.6 Å². The van der Waals surface area contributed by atoms with Gasteiger partial charge in [-0.05, 0) is 24.3 Å². The standard InChI is InChI=1S/C14H10BrN3S/c15-10-5-6-11(14(16)19)13(7-10)18-12-4-2-1-3-9(12)8-17-18/h1-8H,(H2,16,19). The Morgan fingerprint density at radius 3 is 2.79 bits per heavy atom. The SMILES string of the molecule is NC(=S)c1ccc(Br)cc1-n1ncc2ccccc21. The van der Waals surface area contributed by atoms with Crippen molar-refractivity contribution in [3.63, 3.8) is 0 Å². The summed E-state index contributed by atoms with van der Waals surface area (Å²) >= 11 is 8.58. The molecule has 0 aliphatic carbocycles. The van der Waals surface area contributed by atoms with Gasteiger partial charge in [-0.3, -0.25) is 0 Å². The van der Waals surface area contributed by atoms with E-state index in [2.05, 4.69) is 21.0 Å². The third kappa shape index (κ3) is 2.15. The maximum atomic E-state index is 5.79. The number of halogens is 1. The Kier molecular flexibility index (Phi) is 3.08. The van der Waals surface area contributed by atoms with Crippen LogP contribution in [0.1, 0.15) is 5.56 Å². The lowest BCUT2D eigenvalue weighted by atomic mass is 10.1. The summed E-state index contributed by atoms with van der Waals surface area (Å²) in [6, 6.07) is 13.8. The van der Waals surface area contributed by atoms with Gasteiger partial charge in [0.2, 0.25) is 0 Å². The molecule has 0 radical (unpaired) electrons. The topological polar surface area (TPSA) is 43.8 Å². The first-order chi connectivity index (χ1) is 9.16. The Morgan fingerprint density at radius 1 is 1.21 bits per heavy atom. The second kappa shape index (κ2) is 4.75. The molecular formula is C14H10BrN3S. The van der Waals surface area contributed by atoms with Crippen molar-refractivity contribution in [2.75, 3.05) is 0 Å². The second-order valence-corrected chi connectivity index (χ2v) is 5.50. The fourth-order valence-corrected chi connectivity index (χ4v) is 2.57. The molecule has 2 N–H and O–H groups in total. The van der Waals surface area contributed by atoms with Crippen molar-refractivity contribution in [2.24, 2.45) is 5.73 Å². The number of nitrogens with zero attached hydrogens (tertiary/aromatic N) is 2. The summed E-state index contributed by atoms with van der Waals surface area (Å²) in [5.41, 5.74) is 8.51. The van der Waals surface area contributed by atoms with Gasteiger partial charge in [-0.2, -0.15) is 5.10 Å². The molecule has 2 aromatic carbocycles. The minimum absolute atomic E-state index is 0.363. The van der Waals surface area contributed by atoms with Crippen LogP contribution in [-0.4, -0.2) is 14.8 Å². The summed E-state index contributed by atoms with van der Waals surface area (Å²) in [6.45, 7) is 0. The molecule has 3 rings (SSSR count). The average Bonchev–Trinajstić information content (AvgIpc) is 2.82. The molecule has 0 fully saturated rings. The smallest absolute Gasteiger partial charge is 0.106 e. The first kappa shape index (κ1) is 12.3. The zero-order chi connectivity index (χ0) is 13.4. The number of hydrogen-bond donors (Lipinski definition) is 1. The molecular weight excluding hydrogens is 322 g/mol. The third-order valence-corrected chi connectivity index (χ3v) is 3.64. The van der Waals surface area contributed by atoms with Crippen molar-refractivity contribution in [3.8, 4) is 5.69 Å². The molecule has 1 aromatic heterocycles. The number of hydrogen-bond acceptors (Lipinski definition) is 2. The third-order valence-electron chi connectivity index (χ3n) is 2.93. The molecule has 0 saturated carbocycles. The summed E-state index contributed by atoms with van der Waals surface area (Å²) in [6.07, 6.45) is 1.83. The highest BCUT2D eigenvalue weighted by molar-refractivity contribution is 9.10. The molecule has 3 nitrogen and oxygen atoms in total. The van der Waals surface area contributed by atoms with Crippen LogP contribution in [-0.2, 0) is 0 Å². The second-order valence-electron chi connectivity index (χ2n) is 4.14. The van der Waals surface area contributed by atoms with E-state index in [9.17, 15) is 0 Å². The molecule has 0 amide bonds. The van der Waals surface area contributed by atoms with Crippen LogP contribution in [0.2, 0.25) is 0 Å². The number of thiocarbonyl (C=S) groups is 1. The predicted octanol–water partition coefficient (Wildman–Crippen LogP) is 3.42. The highest BCUT2D eigenvalue weighted by atomic mass is 79.9. The van der Waals surface area contributed by atoms with Gasteiger partial charge in [0.15, 0.2) is 0 Å². The maximum absolute atomic E-state index is 5.79. The van der Waals surface area contributed by atoms with Gasteiger partial charge in [-0.1, -0.05) is 46.3 Å². The minimum atomic E-state index is 0.363. The molecule has 5 heteroatoms. The van der Waals surface area contributed by atoms with E-state index in [-0.39, 0.29) is 0 Å². The van der Waals surface area contributed by atoms with Crippen LogP contribution in [0.5, 0.6) is 0 Å². The molecule has 0 unspecified atom stereocenters. The minimum Gasteiger partial charge on any atom is -0.389 e. The first-order valence-corrected chi connectivity index (χ1v) is 6.89. The largest absolute Gasteiger partial charge is 0.389 e. The van der Waals surface area contributed by atoms with Gasteiger partial charge in [0.1, 0.15) is 4.99 Å². The van der Waals surface area contributed by atoms with E-state index in [1.54, 1.807) is 0 Å². The van der Waals surface area contributed by atoms with E-state index in [1.165, 1.54) is 0 Å². The summed E-state index contributed by atoms with van der Waals surface area (Å²) in [5, 5.41) is 5.51.